The third-order valence-corrected chi connectivity index (χ3v) is 5.22. The van der Waals surface area contributed by atoms with Crippen LogP contribution in [-0.4, -0.2) is 59.3 Å². The van der Waals surface area contributed by atoms with Crippen LogP contribution in [0.15, 0.2) is 9.59 Å². The minimum atomic E-state index is -4.42. The van der Waals surface area contributed by atoms with Gasteiger partial charge in [-0.1, -0.05) is 9.46 Å². The molecule has 0 saturated carbocycles. The molecule has 5 rings (SSSR count). The van der Waals surface area contributed by atoms with Gasteiger partial charge in [-0.2, -0.15) is 9.55 Å². The Kier molecular flexibility index (Phi) is 2.64. The molecule has 0 amide bonds. The van der Waals surface area contributed by atoms with Gasteiger partial charge in [0.05, 0.1) is 6.61 Å². The Hall–Kier alpha value is -2.38. The summed E-state index contributed by atoms with van der Waals surface area (Å²) in [7, 11) is -4.42. The lowest BCUT2D eigenvalue weighted by molar-refractivity contribution is -0.0529. The highest BCUT2D eigenvalue weighted by Crippen LogP contribution is 2.48. The second kappa shape index (κ2) is 4.42. The first-order valence-corrected chi connectivity index (χ1v) is 8.43. The summed E-state index contributed by atoms with van der Waals surface area (Å²) in [5.41, 5.74) is -2.74. The summed E-state index contributed by atoms with van der Waals surface area (Å²) in [6.45, 7) is -0.602. The predicted octanol–water partition coefficient (Wildman–Crippen LogP) is -3.66. The molecular formula is C10H9N4O10P. The molecule has 1 unspecified atom stereocenters. The molecule has 2 aromatic heterocycles. The number of imidazole rings is 1. The van der Waals surface area contributed by atoms with Gasteiger partial charge in [-0.25, -0.2) is 9.36 Å². The van der Waals surface area contributed by atoms with E-state index in [2.05, 4.69) is 4.98 Å². The summed E-state index contributed by atoms with van der Waals surface area (Å²) < 4.78 is 34.1. The lowest BCUT2D eigenvalue weighted by Crippen LogP contribution is -2.50. The highest BCUT2D eigenvalue weighted by Gasteiger charge is 2.52. The number of fused-ring (bicyclic) bond motifs is 3. The molecule has 1 saturated heterocycles. The predicted molar refractivity (Wildman–Crippen MR) is 72.7 cm³/mol. The molecule has 3 aliphatic heterocycles. The minimum Gasteiger partial charge on any atom is -0.394 e. The van der Waals surface area contributed by atoms with E-state index in [0.29, 0.717) is 4.73 Å². The molecule has 3 aliphatic rings. The van der Waals surface area contributed by atoms with Crippen molar-refractivity contribution in [3.8, 4) is 6.01 Å². The van der Waals surface area contributed by atoms with Crippen molar-refractivity contribution in [3.63, 3.8) is 0 Å². The van der Waals surface area contributed by atoms with Gasteiger partial charge in [0.2, 0.25) is 0 Å². The van der Waals surface area contributed by atoms with Crippen molar-refractivity contribution in [2.45, 2.75) is 24.5 Å². The van der Waals surface area contributed by atoms with Gasteiger partial charge >= 0.3 is 25.1 Å². The number of ether oxygens (including phenoxy) is 1. The van der Waals surface area contributed by atoms with Crippen LogP contribution in [0.1, 0.15) is 6.23 Å². The van der Waals surface area contributed by atoms with Crippen molar-refractivity contribution >= 4 is 19.0 Å². The van der Waals surface area contributed by atoms with Crippen LogP contribution in [0, 0.1) is 0 Å². The van der Waals surface area contributed by atoms with E-state index in [-0.39, 0.29) is 15.9 Å². The van der Waals surface area contributed by atoms with E-state index in [0.717, 1.165) is 4.57 Å². The maximum absolute atomic E-state index is 12.4. The topological polar surface area (TPSA) is 176 Å². The zero-order valence-corrected chi connectivity index (χ0v) is 12.8. The van der Waals surface area contributed by atoms with Gasteiger partial charge in [0, 0.05) is 0 Å². The van der Waals surface area contributed by atoms with Crippen molar-refractivity contribution < 1.29 is 38.4 Å². The van der Waals surface area contributed by atoms with E-state index >= 15 is 0 Å². The summed E-state index contributed by atoms with van der Waals surface area (Å²) in [6.07, 6.45) is -5.57. The maximum atomic E-state index is 12.4. The first kappa shape index (κ1) is 14.9. The van der Waals surface area contributed by atoms with Crippen LogP contribution in [0.4, 0.5) is 0 Å². The second-order valence-corrected chi connectivity index (χ2v) is 6.95. The van der Waals surface area contributed by atoms with Crippen molar-refractivity contribution in [1.29, 1.82) is 0 Å². The Balaban J connectivity index is 1.84. The Labute approximate surface area is 135 Å². The molecule has 0 aromatic carbocycles. The Bertz CT molecular complexity index is 1090. The van der Waals surface area contributed by atoms with Crippen molar-refractivity contribution in [3.05, 3.63) is 20.8 Å². The zero-order chi connectivity index (χ0) is 17.7. The van der Waals surface area contributed by atoms with Gasteiger partial charge in [0.25, 0.3) is 0 Å². The number of phosphoric acid groups is 1. The van der Waals surface area contributed by atoms with E-state index in [4.69, 9.17) is 18.5 Å². The van der Waals surface area contributed by atoms with Gasteiger partial charge in [0.15, 0.2) is 17.4 Å². The van der Waals surface area contributed by atoms with Gasteiger partial charge in [-0.15, -0.1) is 0 Å². The molecule has 5 atom stereocenters. The smallest absolute Gasteiger partial charge is 0.394 e. The van der Waals surface area contributed by atoms with Crippen LogP contribution in [0.5, 0.6) is 6.01 Å². The summed E-state index contributed by atoms with van der Waals surface area (Å²) in [5.74, 6) is 0. The molecule has 25 heavy (non-hydrogen) atoms. The minimum absolute atomic E-state index is 0.199. The van der Waals surface area contributed by atoms with Crippen LogP contribution in [0.2, 0.25) is 0 Å². The molecule has 1 fully saturated rings. The Morgan fingerprint density at radius 1 is 1.16 bits per heavy atom. The fourth-order valence-electron chi connectivity index (χ4n) is 2.98. The zero-order valence-electron chi connectivity index (χ0n) is 12.0. The average molecular weight is 376 g/mol. The first-order valence-electron chi connectivity index (χ1n) is 6.97. The first-order chi connectivity index (χ1) is 11.8. The van der Waals surface area contributed by atoms with Crippen LogP contribution < -0.4 is 25.0 Å². The lowest BCUT2D eigenvalue weighted by Gasteiger charge is -2.21. The fourth-order valence-corrected chi connectivity index (χ4v) is 4.10. The highest BCUT2D eigenvalue weighted by atomic mass is 31.2. The monoisotopic (exact) mass is 376 g/mol. The summed E-state index contributed by atoms with van der Waals surface area (Å²) in [4.78, 5) is 28.3. The molecule has 14 nitrogen and oxygen atoms in total. The van der Waals surface area contributed by atoms with E-state index in [1.54, 1.807) is 0 Å². The Morgan fingerprint density at radius 2 is 1.88 bits per heavy atom. The molecule has 15 heteroatoms. The molecule has 0 spiro atoms. The van der Waals surface area contributed by atoms with Crippen LogP contribution in [0.25, 0.3) is 11.2 Å². The molecule has 134 valence electrons. The van der Waals surface area contributed by atoms with Gasteiger partial charge in [-0.3, -0.25) is 14.0 Å². The van der Waals surface area contributed by atoms with Crippen LogP contribution in [0.3, 0.4) is 0 Å². The number of rotatable bonds is 2. The molecule has 2 aromatic rings. The van der Waals surface area contributed by atoms with Crippen molar-refractivity contribution in [2.75, 3.05) is 6.61 Å². The quantitative estimate of drug-likeness (QED) is 0.440. The third kappa shape index (κ3) is 1.67. The van der Waals surface area contributed by atoms with Gasteiger partial charge in [0.1, 0.15) is 18.3 Å². The Morgan fingerprint density at radius 3 is 2.56 bits per heavy atom. The molecule has 3 N–H and O–H groups in total. The summed E-state index contributed by atoms with van der Waals surface area (Å²) >= 11 is 0. The van der Waals surface area contributed by atoms with Crippen molar-refractivity contribution in [1.82, 2.24) is 19.0 Å². The maximum Gasteiger partial charge on any atom is 0.689 e. The molecule has 5 heterocycles. The molecular weight excluding hydrogens is 367 g/mol. The highest BCUT2D eigenvalue weighted by molar-refractivity contribution is 7.49. The molecule has 0 aliphatic carbocycles. The van der Waals surface area contributed by atoms with Crippen molar-refractivity contribution in [2.24, 2.45) is 0 Å². The molecule has 0 radical (unpaired) electrons. The third-order valence-electron chi connectivity index (χ3n) is 4.11. The van der Waals surface area contributed by atoms with E-state index in [9.17, 15) is 29.5 Å². The molecule has 5 bridgehead atoms. The summed E-state index contributed by atoms with van der Waals surface area (Å²) in [6, 6.07) is -0.478. The number of hydrogen-bond acceptors (Lipinski definition) is 11. The second-order valence-electron chi connectivity index (χ2n) is 5.54. The largest absolute Gasteiger partial charge is 0.689 e. The van der Waals surface area contributed by atoms with Crippen LogP contribution in [-0.2, 0) is 9.30 Å². The summed E-state index contributed by atoms with van der Waals surface area (Å²) in [5, 5.41) is 29.3. The number of nitrogens with zero attached hydrogens (tertiary/aromatic N) is 4. The van der Waals surface area contributed by atoms with E-state index < -0.39 is 56.2 Å². The number of aliphatic hydroxyl groups excluding tert-OH is 3. The van der Waals surface area contributed by atoms with Crippen LogP contribution >= 0.6 is 7.82 Å². The number of hydrogen-bond donors (Lipinski definition) is 3. The fraction of sp³-hybridized carbons (Fsp3) is 0.500. The van der Waals surface area contributed by atoms with E-state index in [1.807, 2.05) is 0 Å². The normalized spacial score (nSPS) is 35.0. The SMILES string of the molecule is O=c1c2nc3n([C@@H]4O[C@H](CO)[C@@H](O)[C@H]4O)c2n2c(=O)n1OP(=O)(O3)O2. The van der Waals surface area contributed by atoms with Gasteiger partial charge < -0.3 is 24.6 Å². The average Bonchev–Trinajstić information content (AvgIpc) is 3.02. The number of aromatic nitrogens is 4. The number of aliphatic hydroxyl groups is 3. The van der Waals surface area contributed by atoms with E-state index in [1.165, 1.54) is 0 Å². The lowest BCUT2D eigenvalue weighted by atomic mass is 10.1. The van der Waals surface area contributed by atoms with Gasteiger partial charge in [-0.05, 0) is 0 Å². The standard InChI is InChI=1S/C10H9N4O10P/c15-1-2-4(16)5(17)8(21-2)12-6-3-7(18)14-10(19)13(6)23-25(20,24-14)22-9(12)11-3/h2,4-5,8,15-17H,1H2/t2-,4-,5-,8-,25?/m1/s1.